The van der Waals surface area contributed by atoms with Crippen LogP contribution >= 0.6 is 12.2 Å². The van der Waals surface area contributed by atoms with Crippen molar-refractivity contribution in [1.29, 1.82) is 0 Å². The smallest absolute Gasteiger partial charge is 0.225 e. The molecule has 1 fully saturated rings. The van der Waals surface area contributed by atoms with Crippen LogP contribution in [0.1, 0.15) is 24.8 Å². The first-order chi connectivity index (χ1) is 7.58. The van der Waals surface area contributed by atoms with Crippen LogP contribution in [0.25, 0.3) is 0 Å². The highest BCUT2D eigenvalue weighted by Gasteiger charge is 2.25. The molecule has 0 atom stereocenters. The highest BCUT2D eigenvalue weighted by molar-refractivity contribution is 7.80. The van der Waals surface area contributed by atoms with Crippen molar-refractivity contribution >= 4 is 28.9 Å². The lowest BCUT2D eigenvalue weighted by Crippen LogP contribution is -2.18. The van der Waals surface area contributed by atoms with Crippen LogP contribution in [0.3, 0.4) is 0 Å². The van der Waals surface area contributed by atoms with E-state index in [1.807, 2.05) is 0 Å². The molecule has 0 saturated heterocycles. The summed E-state index contributed by atoms with van der Waals surface area (Å²) in [4.78, 5) is 11.9. The minimum absolute atomic E-state index is 0.00333. The number of thiocarbonyl (C=S) groups is 1. The van der Waals surface area contributed by atoms with Gasteiger partial charge in [-0.1, -0.05) is 12.2 Å². The van der Waals surface area contributed by atoms with Crippen LogP contribution in [0.2, 0.25) is 0 Å². The van der Waals surface area contributed by atoms with Gasteiger partial charge in [0.25, 0.3) is 0 Å². The van der Waals surface area contributed by atoms with Gasteiger partial charge in [0.1, 0.15) is 10.8 Å². The number of nitrogens with one attached hydrogen (secondary N) is 1. The SMILES string of the molecule is Cn1ncc(C(N)=S)c1NC(=O)CC1CC1. The van der Waals surface area contributed by atoms with Crippen molar-refractivity contribution in [1.82, 2.24) is 9.78 Å². The first-order valence-electron chi connectivity index (χ1n) is 5.19. The van der Waals surface area contributed by atoms with E-state index in [4.69, 9.17) is 18.0 Å². The molecule has 1 aromatic heterocycles. The third-order valence-electron chi connectivity index (χ3n) is 2.63. The van der Waals surface area contributed by atoms with Crippen LogP contribution in [0, 0.1) is 5.92 Å². The van der Waals surface area contributed by atoms with E-state index in [0.717, 1.165) is 12.8 Å². The summed E-state index contributed by atoms with van der Waals surface area (Å²) >= 11 is 4.89. The van der Waals surface area contributed by atoms with Gasteiger partial charge in [0.15, 0.2) is 0 Å². The van der Waals surface area contributed by atoms with Crippen molar-refractivity contribution in [3.63, 3.8) is 0 Å². The van der Waals surface area contributed by atoms with Crippen molar-refractivity contribution in [2.45, 2.75) is 19.3 Å². The molecule has 16 heavy (non-hydrogen) atoms. The summed E-state index contributed by atoms with van der Waals surface area (Å²) in [6, 6.07) is 0. The molecule has 0 bridgehead atoms. The minimum Gasteiger partial charge on any atom is -0.389 e. The highest BCUT2D eigenvalue weighted by Crippen LogP contribution is 2.32. The van der Waals surface area contributed by atoms with E-state index in [0.29, 0.717) is 23.7 Å². The number of rotatable bonds is 4. The van der Waals surface area contributed by atoms with Crippen molar-refractivity contribution in [2.24, 2.45) is 18.7 Å². The van der Waals surface area contributed by atoms with E-state index in [1.54, 1.807) is 17.9 Å². The summed E-state index contributed by atoms with van der Waals surface area (Å²) in [6.07, 6.45) is 4.44. The third kappa shape index (κ3) is 2.38. The minimum atomic E-state index is 0.00333. The molecule has 1 aliphatic carbocycles. The number of aryl methyl sites for hydroxylation is 1. The first kappa shape index (κ1) is 11.1. The summed E-state index contributed by atoms with van der Waals surface area (Å²) in [6.45, 7) is 0. The number of nitrogens with zero attached hydrogens (tertiary/aromatic N) is 2. The standard InChI is InChI=1S/C10H14N4OS/c1-14-10(7(5-12-14)9(11)16)13-8(15)4-6-2-3-6/h5-6H,2-4H2,1H3,(H2,11,16)(H,13,15). The lowest BCUT2D eigenvalue weighted by molar-refractivity contribution is -0.116. The lowest BCUT2D eigenvalue weighted by Gasteiger charge is -2.07. The number of hydrogen-bond acceptors (Lipinski definition) is 3. The van der Waals surface area contributed by atoms with E-state index in [9.17, 15) is 4.79 Å². The van der Waals surface area contributed by atoms with E-state index in [-0.39, 0.29) is 10.9 Å². The molecule has 0 aliphatic heterocycles. The van der Waals surface area contributed by atoms with Crippen LogP contribution < -0.4 is 11.1 Å². The van der Waals surface area contributed by atoms with Crippen molar-refractivity contribution in [2.75, 3.05) is 5.32 Å². The number of carbonyl (C=O) groups excluding carboxylic acids is 1. The van der Waals surface area contributed by atoms with Gasteiger partial charge in [-0.3, -0.25) is 9.48 Å². The Hall–Kier alpha value is -1.43. The zero-order valence-corrected chi connectivity index (χ0v) is 9.88. The van der Waals surface area contributed by atoms with Crippen molar-refractivity contribution < 1.29 is 4.79 Å². The molecular formula is C10H14N4OS. The van der Waals surface area contributed by atoms with Gasteiger partial charge in [0, 0.05) is 13.5 Å². The van der Waals surface area contributed by atoms with E-state index in [2.05, 4.69) is 10.4 Å². The summed E-state index contributed by atoms with van der Waals surface area (Å²) in [5.74, 6) is 1.14. The van der Waals surface area contributed by atoms with Gasteiger partial charge in [-0.05, 0) is 18.8 Å². The van der Waals surface area contributed by atoms with Gasteiger partial charge in [0.05, 0.1) is 11.8 Å². The molecule has 0 aromatic carbocycles. The summed E-state index contributed by atoms with van der Waals surface area (Å²) in [5, 5.41) is 6.83. The predicted octanol–water partition coefficient (Wildman–Crippen LogP) is 0.793. The lowest BCUT2D eigenvalue weighted by atomic mass is 10.2. The monoisotopic (exact) mass is 238 g/mol. The Labute approximate surface area is 99.0 Å². The number of anilines is 1. The highest BCUT2D eigenvalue weighted by atomic mass is 32.1. The van der Waals surface area contributed by atoms with Crippen LogP contribution in [0.15, 0.2) is 6.20 Å². The maximum Gasteiger partial charge on any atom is 0.225 e. The first-order valence-corrected chi connectivity index (χ1v) is 5.60. The zero-order valence-electron chi connectivity index (χ0n) is 9.06. The second-order valence-corrected chi connectivity index (χ2v) is 4.53. The normalized spacial score (nSPS) is 14.8. The Morgan fingerprint density at radius 1 is 1.75 bits per heavy atom. The molecule has 0 radical (unpaired) electrons. The third-order valence-corrected chi connectivity index (χ3v) is 2.85. The molecule has 2 rings (SSSR count). The van der Waals surface area contributed by atoms with E-state index in [1.165, 1.54) is 0 Å². The molecule has 0 spiro atoms. The van der Waals surface area contributed by atoms with E-state index >= 15 is 0 Å². The molecule has 1 heterocycles. The number of amides is 1. The molecule has 3 N–H and O–H groups in total. The van der Waals surface area contributed by atoms with Crippen LogP contribution in [0.4, 0.5) is 5.82 Å². The molecule has 1 saturated carbocycles. The van der Waals surface area contributed by atoms with Gasteiger partial charge in [-0.15, -0.1) is 0 Å². The Balaban J connectivity index is 2.09. The number of carbonyl (C=O) groups is 1. The Morgan fingerprint density at radius 2 is 2.44 bits per heavy atom. The predicted molar refractivity (Wildman–Crippen MR) is 65.1 cm³/mol. The van der Waals surface area contributed by atoms with Crippen molar-refractivity contribution in [3.8, 4) is 0 Å². The fourth-order valence-electron chi connectivity index (χ4n) is 1.53. The fraction of sp³-hybridized carbons (Fsp3) is 0.500. The molecule has 86 valence electrons. The van der Waals surface area contributed by atoms with Gasteiger partial charge >= 0.3 is 0 Å². The average molecular weight is 238 g/mol. The second kappa shape index (κ2) is 4.21. The number of hydrogen-bond donors (Lipinski definition) is 2. The molecule has 5 nitrogen and oxygen atoms in total. The Kier molecular flexibility index (Phi) is 2.91. The molecular weight excluding hydrogens is 224 g/mol. The van der Waals surface area contributed by atoms with Crippen LogP contribution in [0.5, 0.6) is 0 Å². The quantitative estimate of drug-likeness (QED) is 0.761. The van der Waals surface area contributed by atoms with Crippen LogP contribution in [-0.2, 0) is 11.8 Å². The number of aromatic nitrogens is 2. The average Bonchev–Trinajstić information content (AvgIpc) is 2.92. The molecule has 6 heteroatoms. The molecule has 1 aliphatic rings. The summed E-state index contributed by atoms with van der Waals surface area (Å²) < 4.78 is 1.57. The number of nitrogens with two attached hydrogens (primary N) is 1. The molecule has 1 aromatic rings. The topological polar surface area (TPSA) is 72.9 Å². The molecule has 0 unspecified atom stereocenters. The maximum absolute atomic E-state index is 11.7. The van der Waals surface area contributed by atoms with Gasteiger partial charge < -0.3 is 11.1 Å². The summed E-state index contributed by atoms with van der Waals surface area (Å²) in [7, 11) is 1.74. The molecule has 1 amide bonds. The van der Waals surface area contributed by atoms with Gasteiger partial charge in [-0.25, -0.2) is 0 Å². The zero-order chi connectivity index (χ0) is 11.7. The second-order valence-electron chi connectivity index (χ2n) is 4.09. The Bertz CT molecular complexity index is 436. The largest absolute Gasteiger partial charge is 0.389 e. The van der Waals surface area contributed by atoms with Crippen molar-refractivity contribution in [3.05, 3.63) is 11.8 Å². The van der Waals surface area contributed by atoms with Gasteiger partial charge in [0.2, 0.25) is 5.91 Å². The summed E-state index contributed by atoms with van der Waals surface area (Å²) in [5.41, 5.74) is 6.16. The van der Waals surface area contributed by atoms with E-state index < -0.39 is 0 Å². The Morgan fingerprint density at radius 3 is 3.00 bits per heavy atom. The fourth-order valence-corrected chi connectivity index (χ4v) is 1.68. The van der Waals surface area contributed by atoms with Gasteiger partial charge in [-0.2, -0.15) is 5.10 Å². The van der Waals surface area contributed by atoms with Crippen LogP contribution in [-0.4, -0.2) is 20.7 Å². The maximum atomic E-state index is 11.7.